The Morgan fingerprint density at radius 3 is 1.03 bits per heavy atom. The van der Waals surface area contributed by atoms with Crippen molar-refractivity contribution in [2.75, 3.05) is 0 Å². The summed E-state index contributed by atoms with van der Waals surface area (Å²) >= 11 is 0. The molecule has 0 saturated carbocycles. The first-order chi connectivity index (χ1) is 18.9. The van der Waals surface area contributed by atoms with Crippen molar-refractivity contribution in [3.05, 3.63) is 136 Å². The molecule has 7 rings (SSSR count). The smallest absolute Gasteiger partial charge is 0.267 e. The molecule has 0 unspecified atom stereocenters. The molecular formula is C27H12N6O6. The summed E-state index contributed by atoms with van der Waals surface area (Å²) < 4.78 is 2.37. The Morgan fingerprint density at radius 1 is 0.385 bits per heavy atom. The molecule has 0 aliphatic heterocycles. The van der Waals surface area contributed by atoms with Gasteiger partial charge in [-0.1, -0.05) is 0 Å². The first-order valence-electron chi connectivity index (χ1n) is 11.5. The Bertz CT molecular complexity index is 2020. The lowest BCUT2D eigenvalue weighted by Crippen LogP contribution is -2.24. The number of rotatable bonds is 3. The standard InChI is InChI=1S/C27H12N6O6/c34-22-16-17-19(25(37)32(23(17)35)14-5-10-29-11-6-14)21-20(18(16)24(36)31(22)13-3-8-28-9-4-13)26(38)33(27(21)39)15-2-1-7-30-12-15/h1-12H. The molecule has 6 heterocycles. The van der Waals surface area contributed by atoms with Crippen LogP contribution in [0.3, 0.4) is 0 Å². The van der Waals surface area contributed by atoms with Crippen LogP contribution < -0.4 is 33.4 Å². The number of hydrogen-bond acceptors (Lipinski definition) is 9. The van der Waals surface area contributed by atoms with Crippen LogP contribution in [-0.2, 0) is 0 Å². The first-order valence-corrected chi connectivity index (χ1v) is 11.5. The summed E-state index contributed by atoms with van der Waals surface area (Å²) in [7, 11) is 0. The van der Waals surface area contributed by atoms with Crippen LogP contribution in [0, 0.1) is 0 Å². The Hall–Kier alpha value is -5.91. The van der Waals surface area contributed by atoms with Crippen LogP contribution in [0.1, 0.15) is 0 Å². The highest BCUT2D eigenvalue weighted by Gasteiger charge is 2.31. The molecule has 7 aromatic rings. The molecule has 0 saturated heterocycles. The molecule has 0 aliphatic carbocycles. The van der Waals surface area contributed by atoms with Crippen LogP contribution in [-0.4, -0.2) is 28.7 Å². The van der Waals surface area contributed by atoms with Gasteiger partial charge in [0.25, 0.3) is 33.4 Å². The highest BCUT2D eigenvalue weighted by Crippen LogP contribution is 2.27. The zero-order valence-electron chi connectivity index (χ0n) is 19.6. The van der Waals surface area contributed by atoms with Crippen molar-refractivity contribution >= 4 is 32.3 Å². The van der Waals surface area contributed by atoms with E-state index in [2.05, 4.69) is 15.0 Å². The predicted molar refractivity (Wildman–Crippen MR) is 142 cm³/mol. The fourth-order valence-corrected chi connectivity index (χ4v) is 5.16. The Labute approximate surface area is 214 Å². The van der Waals surface area contributed by atoms with Crippen molar-refractivity contribution in [3.8, 4) is 17.1 Å². The highest BCUT2D eigenvalue weighted by molar-refractivity contribution is 6.25. The van der Waals surface area contributed by atoms with Gasteiger partial charge in [0.1, 0.15) is 0 Å². The van der Waals surface area contributed by atoms with Gasteiger partial charge in [0, 0.05) is 31.0 Å². The monoisotopic (exact) mass is 516 g/mol. The summed E-state index contributed by atoms with van der Waals surface area (Å²) in [5.74, 6) is 0. The van der Waals surface area contributed by atoms with Gasteiger partial charge in [-0.2, -0.15) is 0 Å². The van der Waals surface area contributed by atoms with Crippen LogP contribution in [0.4, 0.5) is 0 Å². The number of benzene rings is 1. The molecule has 12 nitrogen and oxygen atoms in total. The third kappa shape index (κ3) is 2.79. The van der Waals surface area contributed by atoms with E-state index < -0.39 is 65.7 Å². The molecule has 186 valence electrons. The van der Waals surface area contributed by atoms with Crippen molar-refractivity contribution in [1.82, 2.24) is 28.7 Å². The van der Waals surface area contributed by atoms with Gasteiger partial charge < -0.3 is 0 Å². The number of fused-ring (bicyclic) bond motifs is 6. The van der Waals surface area contributed by atoms with Gasteiger partial charge in [0.15, 0.2) is 0 Å². The van der Waals surface area contributed by atoms with Crippen molar-refractivity contribution < 1.29 is 0 Å². The summed E-state index contributed by atoms with van der Waals surface area (Å²) in [4.78, 5) is 94.4. The van der Waals surface area contributed by atoms with Gasteiger partial charge in [0.2, 0.25) is 0 Å². The first kappa shape index (κ1) is 22.3. The van der Waals surface area contributed by atoms with Gasteiger partial charge in [0.05, 0.1) is 55.6 Å². The summed E-state index contributed by atoms with van der Waals surface area (Å²) in [5.41, 5.74) is -5.07. The van der Waals surface area contributed by atoms with Gasteiger partial charge in [-0.3, -0.25) is 43.7 Å². The SMILES string of the molecule is O=c1c2c3c(=O)n(-c4ccncc4)c(=O)c3c3c(=O)n(-c4cccnc4)c(=O)c3c2c(=O)n1-c1ccncc1. The molecule has 0 fully saturated rings. The maximum atomic E-state index is 13.8. The second-order valence-electron chi connectivity index (χ2n) is 8.71. The van der Waals surface area contributed by atoms with Gasteiger partial charge in [-0.05, 0) is 36.4 Å². The van der Waals surface area contributed by atoms with Crippen molar-refractivity contribution in [2.45, 2.75) is 0 Å². The summed E-state index contributed by atoms with van der Waals surface area (Å²) in [6, 6.07) is 8.61. The zero-order chi connectivity index (χ0) is 27.0. The summed E-state index contributed by atoms with van der Waals surface area (Å²) in [6.45, 7) is 0. The van der Waals surface area contributed by atoms with Gasteiger partial charge in [-0.25, -0.2) is 13.7 Å². The predicted octanol–water partition coefficient (Wildman–Crippen LogP) is 0.178. The normalized spacial score (nSPS) is 11.7. The third-order valence-electron chi connectivity index (χ3n) is 6.75. The molecule has 0 aliphatic rings. The number of nitrogens with zero attached hydrogens (tertiary/aromatic N) is 6. The lowest BCUT2D eigenvalue weighted by atomic mass is 10.0. The van der Waals surface area contributed by atoms with Crippen molar-refractivity contribution in [2.24, 2.45) is 0 Å². The van der Waals surface area contributed by atoms with Gasteiger partial charge in [-0.15, -0.1) is 0 Å². The summed E-state index contributed by atoms with van der Waals surface area (Å²) in [5, 5.41) is -2.46. The van der Waals surface area contributed by atoms with Crippen molar-refractivity contribution in [3.63, 3.8) is 0 Å². The van der Waals surface area contributed by atoms with Crippen LogP contribution in [0.5, 0.6) is 0 Å². The van der Waals surface area contributed by atoms with Crippen LogP contribution in [0.25, 0.3) is 49.4 Å². The van der Waals surface area contributed by atoms with Crippen molar-refractivity contribution in [1.29, 1.82) is 0 Å². The number of aromatic nitrogens is 6. The van der Waals surface area contributed by atoms with E-state index in [4.69, 9.17) is 0 Å². The minimum Gasteiger partial charge on any atom is -0.268 e. The molecule has 12 heteroatoms. The molecule has 1 aromatic carbocycles. The fraction of sp³-hybridized carbons (Fsp3) is 0. The zero-order valence-corrected chi connectivity index (χ0v) is 19.6. The topological polar surface area (TPSA) is 156 Å². The lowest BCUT2D eigenvalue weighted by Gasteiger charge is -1.98. The van der Waals surface area contributed by atoms with Crippen LogP contribution in [0.15, 0.2) is 102 Å². The molecule has 6 aromatic heterocycles. The van der Waals surface area contributed by atoms with E-state index in [1.807, 2.05) is 0 Å². The van der Waals surface area contributed by atoms with E-state index in [-0.39, 0.29) is 17.1 Å². The molecule has 39 heavy (non-hydrogen) atoms. The van der Waals surface area contributed by atoms with Crippen LogP contribution in [0.2, 0.25) is 0 Å². The van der Waals surface area contributed by atoms with E-state index >= 15 is 0 Å². The minimum absolute atomic E-state index is 0.0942. The molecule has 0 bridgehead atoms. The molecule has 0 radical (unpaired) electrons. The third-order valence-corrected chi connectivity index (χ3v) is 6.75. The average Bonchev–Trinajstić information content (AvgIpc) is 3.48. The maximum absolute atomic E-state index is 13.8. The number of hydrogen-bond donors (Lipinski definition) is 0. The molecule has 0 amide bonds. The highest BCUT2D eigenvalue weighted by atomic mass is 16.2. The Balaban J connectivity index is 1.83. The fourth-order valence-electron chi connectivity index (χ4n) is 5.16. The molecule has 0 atom stereocenters. The van der Waals surface area contributed by atoms with E-state index in [0.717, 1.165) is 13.7 Å². The Kier molecular flexibility index (Phi) is 4.46. The average molecular weight is 516 g/mol. The number of pyridine rings is 3. The molecular weight excluding hydrogens is 504 g/mol. The van der Waals surface area contributed by atoms with Crippen LogP contribution >= 0.6 is 0 Å². The summed E-state index contributed by atoms with van der Waals surface area (Å²) in [6.07, 6.45) is 8.19. The lowest BCUT2D eigenvalue weighted by molar-refractivity contribution is 0.976. The molecule has 0 spiro atoms. The van der Waals surface area contributed by atoms with E-state index in [1.54, 1.807) is 0 Å². The van der Waals surface area contributed by atoms with E-state index in [0.29, 0.717) is 0 Å². The van der Waals surface area contributed by atoms with E-state index in [9.17, 15) is 28.8 Å². The maximum Gasteiger partial charge on any atom is 0.267 e. The Morgan fingerprint density at radius 2 is 0.718 bits per heavy atom. The molecule has 0 N–H and O–H groups in total. The quantitative estimate of drug-likeness (QED) is 0.320. The largest absolute Gasteiger partial charge is 0.268 e. The van der Waals surface area contributed by atoms with Gasteiger partial charge >= 0.3 is 0 Å². The second kappa shape index (κ2) is 7.79. The minimum atomic E-state index is -0.914. The second-order valence-corrected chi connectivity index (χ2v) is 8.71. The van der Waals surface area contributed by atoms with E-state index in [1.165, 1.54) is 73.6 Å².